The maximum Gasteiger partial charge on any atom is 0.346 e. The Labute approximate surface area is 120 Å². The highest BCUT2D eigenvalue weighted by Crippen LogP contribution is 2.32. The van der Waals surface area contributed by atoms with Gasteiger partial charge in [0, 0.05) is 18.9 Å². The number of carbonyl (C=O) groups is 3. The molecule has 0 fully saturated rings. The molecule has 5 heteroatoms. The smallest absolute Gasteiger partial charge is 0.346 e. The predicted octanol–water partition coefficient (Wildman–Crippen LogP) is 2.09. The van der Waals surface area contributed by atoms with Crippen molar-refractivity contribution in [2.75, 3.05) is 0 Å². The number of benzene rings is 2. The van der Waals surface area contributed by atoms with Gasteiger partial charge in [-0.05, 0) is 35.6 Å². The van der Waals surface area contributed by atoms with Gasteiger partial charge in [-0.2, -0.15) is 0 Å². The molecule has 0 aromatic heterocycles. The average Bonchev–Trinajstić information content (AvgIpc) is 2.43. The molecule has 0 spiro atoms. The Morgan fingerprint density at radius 2 is 1.90 bits per heavy atom. The lowest BCUT2D eigenvalue weighted by molar-refractivity contribution is -0.119. The summed E-state index contributed by atoms with van der Waals surface area (Å²) >= 11 is 0. The Morgan fingerprint density at radius 1 is 1.19 bits per heavy atom. The van der Waals surface area contributed by atoms with Crippen LogP contribution in [0.15, 0.2) is 24.3 Å². The molecule has 3 rings (SSSR count). The number of cyclic esters (lactones) is 2. The summed E-state index contributed by atoms with van der Waals surface area (Å²) in [6, 6.07) is 6.93. The number of hydrogen-bond donors (Lipinski definition) is 1. The second-order valence-electron chi connectivity index (χ2n) is 5.03. The fraction of sp³-hybridized carbons (Fsp3) is 0.188. The van der Waals surface area contributed by atoms with Crippen LogP contribution < -0.4 is 5.32 Å². The summed E-state index contributed by atoms with van der Waals surface area (Å²) in [5.74, 6) is -1.39. The topological polar surface area (TPSA) is 72.5 Å². The Hall–Kier alpha value is -2.69. The lowest BCUT2D eigenvalue weighted by Crippen LogP contribution is -2.22. The van der Waals surface area contributed by atoms with Crippen LogP contribution in [0.3, 0.4) is 0 Å². The van der Waals surface area contributed by atoms with Crippen molar-refractivity contribution >= 4 is 28.6 Å². The predicted molar refractivity (Wildman–Crippen MR) is 76.0 cm³/mol. The molecule has 1 amide bonds. The molecule has 0 saturated carbocycles. The molecule has 1 N–H and O–H groups in total. The largest absolute Gasteiger partial charge is 0.386 e. The molecule has 0 saturated heterocycles. The maximum atomic E-state index is 11.9. The molecule has 0 unspecified atom stereocenters. The summed E-state index contributed by atoms with van der Waals surface area (Å²) in [5, 5.41) is 4.15. The van der Waals surface area contributed by atoms with Crippen LogP contribution in [0.2, 0.25) is 0 Å². The summed E-state index contributed by atoms with van der Waals surface area (Å²) < 4.78 is 4.75. The van der Waals surface area contributed by atoms with E-state index in [0.717, 1.165) is 16.5 Å². The van der Waals surface area contributed by atoms with E-state index < -0.39 is 11.9 Å². The first kappa shape index (κ1) is 13.3. The van der Waals surface area contributed by atoms with Crippen LogP contribution in [0.4, 0.5) is 0 Å². The van der Waals surface area contributed by atoms with Crippen molar-refractivity contribution in [3.8, 4) is 0 Å². The number of ether oxygens (including phenoxy) is 1. The second-order valence-corrected chi connectivity index (χ2v) is 5.03. The number of aryl methyl sites for hydroxylation is 1. The summed E-state index contributed by atoms with van der Waals surface area (Å²) in [7, 11) is 0. The highest BCUT2D eigenvalue weighted by Gasteiger charge is 2.28. The summed E-state index contributed by atoms with van der Waals surface area (Å²) in [6.07, 6.45) is 0. The van der Waals surface area contributed by atoms with Gasteiger partial charge < -0.3 is 10.1 Å². The van der Waals surface area contributed by atoms with Gasteiger partial charge in [0.25, 0.3) is 0 Å². The minimum absolute atomic E-state index is 0.134. The van der Waals surface area contributed by atoms with Gasteiger partial charge in [-0.3, -0.25) is 4.79 Å². The molecule has 0 radical (unpaired) electrons. The number of rotatable bonds is 2. The van der Waals surface area contributed by atoms with E-state index in [2.05, 4.69) is 5.32 Å². The van der Waals surface area contributed by atoms with Gasteiger partial charge >= 0.3 is 11.9 Å². The van der Waals surface area contributed by atoms with E-state index in [4.69, 9.17) is 4.74 Å². The van der Waals surface area contributed by atoms with Crippen molar-refractivity contribution in [3.63, 3.8) is 0 Å². The van der Waals surface area contributed by atoms with E-state index in [0.29, 0.717) is 23.1 Å². The molecule has 2 aromatic carbocycles. The quantitative estimate of drug-likeness (QED) is 0.676. The highest BCUT2D eigenvalue weighted by molar-refractivity contribution is 6.21. The Morgan fingerprint density at radius 3 is 2.62 bits per heavy atom. The van der Waals surface area contributed by atoms with Gasteiger partial charge in [-0.15, -0.1) is 0 Å². The van der Waals surface area contributed by atoms with Crippen molar-refractivity contribution in [3.05, 3.63) is 46.5 Å². The molecule has 5 nitrogen and oxygen atoms in total. The zero-order chi connectivity index (χ0) is 15.1. The van der Waals surface area contributed by atoms with Crippen LogP contribution in [-0.2, 0) is 16.1 Å². The van der Waals surface area contributed by atoms with Crippen molar-refractivity contribution in [1.29, 1.82) is 0 Å². The zero-order valence-corrected chi connectivity index (χ0v) is 11.6. The first-order chi connectivity index (χ1) is 9.99. The fourth-order valence-corrected chi connectivity index (χ4v) is 2.65. The van der Waals surface area contributed by atoms with E-state index in [-0.39, 0.29) is 5.91 Å². The van der Waals surface area contributed by atoms with E-state index in [1.807, 2.05) is 13.0 Å². The number of amides is 1. The first-order valence-corrected chi connectivity index (χ1v) is 6.55. The molecular weight excluding hydrogens is 270 g/mol. The third kappa shape index (κ3) is 2.07. The molecule has 0 bridgehead atoms. The third-order valence-corrected chi connectivity index (χ3v) is 3.64. The molecule has 0 atom stereocenters. The minimum Gasteiger partial charge on any atom is -0.386 e. The Bertz CT molecular complexity index is 808. The van der Waals surface area contributed by atoms with Crippen molar-refractivity contribution < 1.29 is 19.1 Å². The van der Waals surface area contributed by atoms with E-state index in [1.54, 1.807) is 18.2 Å². The first-order valence-electron chi connectivity index (χ1n) is 6.55. The van der Waals surface area contributed by atoms with Gasteiger partial charge in [0.05, 0.1) is 11.1 Å². The number of esters is 2. The molecule has 21 heavy (non-hydrogen) atoms. The van der Waals surface area contributed by atoms with Crippen LogP contribution >= 0.6 is 0 Å². The van der Waals surface area contributed by atoms with Gasteiger partial charge in [0.1, 0.15) is 0 Å². The van der Waals surface area contributed by atoms with Crippen molar-refractivity contribution in [2.45, 2.75) is 20.4 Å². The number of nitrogens with one attached hydrogen (secondary N) is 1. The van der Waals surface area contributed by atoms with Gasteiger partial charge in [-0.25, -0.2) is 9.59 Å². The lowest BCUT2D eigenvalue weighted by atomic mass is 9.91. The standard InChI is InChI=1S/C16H13NO4/c1-8-6-12-14-10(13(8)7-17-9(2)18)4-3-5-11(14)15(19)21-16(12)20/h3-6H,7H2,1-2H3,(H,17,18). The highest BCUT2D eigenvalue weighted by atomic mass is 16.6. The summed E-state index contributed by atoms with van der Waals surface area (Å²) in [4.78, 5) is 34.9. The third-order valence-electron chi connectivity index (χ3n) is 3.64. The van der Waals surface area contributed by atoms with Crippen molar-refractivity contribution in [1.82, 2.24) is 5.32 Å². The van der Waals surface area contributed by atoms with Gasteiger partial charge in [0.15, 0.2) is 0 Å². The zero-order valence-electron chi connectivity index (χ0n) is 11.6. The Kier molecular flexibility index (Phi) is 2.97. The van der Waals surface area contributed by atoms with E-state index >= 15 is 0 Å². The minimum atomic E-state index is -0.632. The molecule has 1 heterocycles. The molecule has 1 aliphatic rings. The summed E-state index contributed by atoms with van der Waals surface area (Å²) in [5.41, 5.74) is 2.54. The van der Waals surface area contributed by atoms with Crippen LogP contribution in [0.5, 0.6) is 0 Å². The van der Waals surface area contributed by atoms with Crippen molar-refractivity contribution in [2.24, 2.45) is 0 Å². The van der Waals surface area contributed by atoms with Gasteiger partial charge in [-0.1, -0.05) is 12.1 Å². The number of carbonyl (C=O) groups excluding carboxylic acids is 3. The van der Waals surface area contributed by atoms with Gasteiger partial charge in [0.2, 0.25) is 5.91 Å². The Balaban J connectivity index is 2.31. The van der Waals surface area contributed by atoms with Crippen LogP contribution in [0.1, 0.15) is 38.8 Å². The SMILES string of the molecule is CC(=O)NCc1c(C)cc2c3c(cccc13)C(=O)OC2=O. The number of hydrogen-bond acceptors (Lipinski definition) is 4. The fourth-order valence-electron chi connectivity index (χ4n) is 2.65. The molecule has 2 aromatic rings. The average molecular weight is 283 g/mol. The normalized spacial score (nSPS) is 13.2. The maximum absolute atomic E-state index is 11.9. The van der Waals surface area contributed by atoms with Crippen LogP contribution in [-0.4, -0.2) is 17.8 Å². The van der Waals surface area contributed by atoms with Crippen LogP contribution in [0, 0.1) is 6.92 Å². The molecule has 0 aliphatic carbocycles. The molecule has 106 valence electrons. The summed E-state index contributed by atoms with van der Waals surface area (Å²) in [6.45, 7) is 3.66. The molecular formula is C16H13NO4. The van der Waals surface area contributed by atoms with Crippen LogP contribution in [0.25, 0.3) is 10.8 Å². The molecule has 1 aliphatic heterocycles. The van der Waals surface area contributed by atoms with E-state index in [9.17, 15) is 14.4 Å². The van der Waals surface area contributed by atoms with E-state index in [1.165, 1.54) is 6.92 Å². The monoisotopic (exact) mass is 283 g/mol. The lowest BCUT2D eigenvalue weighted by Gasteiger charge is -2.19. The second kappa shape index (κ2) is 4.70.